The Morgan fingerprint density at radius 1 is 1.37 bits per heavy atom. The number of carboxylic acid groups (broad SMARTS) is 1. The molecule has 0 aliphatic carbocycles. The van der Waals surface area contributed by atoms with Crippen molar-refractivity contribution in [1.29, 1.82) is 0 Å². The number of aliphatic carboxylic acids is 1. The minimum atomic E-state index is -1.52. The van der Waals surface area contributed by atoms with Crippen LogP contribution < -0.4 is 5.32 Å². The number of aliphatic hydroxyl groups is 3. The fourth-order valence-corrected chi connectivity index (χ4v) is 1.84. The van der Waals surface area contributed by atoms with E-state index in [1.807, 2.05) is 0 Å². The van der Waals surface area contributed by atoms with Gasteiger partial charge in [0.15, 0.2) is 6.29 Å². The number of carboxylic acids is 1. The number of nitrogens with one attached hydrogen (secondary N) is 1. The molecule has 1 aliphatic rings. The molecule has 0 saturated carbocycles. The van der Waals surface area contributed by atoms with Crippen molar-refractivity contribution < 1.29 is 39.5 Å². The van der Waals surface area contributed by atoms with Crippen LogP contribution in [-0.2, 0) is 19.1 Å². The van der Waals surface area contributed by atoms with Crippen molar-refractivity contribution in [2.45, 2.75) is 37.6 Å². The molecule has 5 atom stereocenters. The maximum Gasteiger partial charge on any atom is 0.329 e. The lowest BCUT2D eigenvalue weighted by Crippen LogP contribution is -2.64. The average molecular weight is 279 g/mol. The van der Waals surface area contributed by atoms with Crippen LogP contribution in [0.25, 0.3) is 0 Å². The summed E-state index contributed by atoms with van der Waals surface area (Å²) in [5.74, 6) is -1.78. The second-order valence-corrected chi connectivity index (χ2v) is 4.13. The van der Waals surface area contributed by atoms with E-state index in [1.54, 1.807) is 0 Å². The first kappa shape index (κ1) is 15.8. The fourth-order valence-electron chi connectivity index (χ4n) is 1.84. The van der Waals surface area contributed by atoms with E-state index in [0.29, 0.717) is 0 Å². The summed E-state index contributed by atoms with van der Waals surface area (Å²) in [5, 5.41) is 39.4. The van der Waals surface area contributed by atoms with Crippen molar-refractivity contribution in [1.82, 2.24) is 5.32 Å². The van der Waals surface area contributed by atoms with Gasteiger partial charge in [0.1, 0.15) is 31.0 Å². The molecular weight excluding hydrogens is 262 g/mol. The molecule has 0 bridgehead atoms. The first-order valence-corrected chi connectivity index (χ1v) is 5.59. The smallest absolute Gasteiger partial charge is 0.329 e. The molecule has 1 heterocycles. The second-order valence-electron chi connectivity index (χ2n) is 4.13. The molecule has 1 rings (SSSR count). The maximum absolute atomic E-state index is 11.0. The van der Waals surface area contributed by atoms with Crippen molar-refractivity contribution in [3.8, 4) is 0 Å². The molecule has 0 spiro atoms. The zero-order valence-electron chi connectivity index (χ0n) is 10.2. The van der Waals surface area contributed by atoms with Gasteiger partial charge in [-0.05, 0) is 0 Å². The SMILES string of the molecule is CC(=O)N[C@H]1[C@@H](OCC(=O)O)[C@H](O)[C@@H](CO)O[C@@H]1O. The highest BCUT2D eigenvalue weighted by molar-refractivity contribution is 5.73. The summed E-state index contributed by atoms with van der Waals surface area (Å²) in [4.78, 5) is 21.5. The van der Waals surface area contributed by atoms with E-state index in [1.165, 1.54) is 6.92 Å². The predicted molar refractivity (Wildman–Crippen MR) is 59.0 cm³/mol. The minimum Gasteiger partial charge on any atom is -0.480 e. The third kappa shape index (κ3) is 4.11. The molecule has 1 saturated heterocycles. The molecule has 19 heavy (non-hydrogen) atoms. The Balaban J connectivity index is 2.83. The van der Waals surface area contributed by atoms with Gasteiger partial charge in [-0.25, -0.2) is 4.79 Å². The number of amides is 1. The largest absolute Gasteiger partial charge is 0.480 e. The lowest BCUT2D eigenvalue weighted by Gasteiger charge is -2.42. The van der Waals surface area contributed by atoms with Gasteiger partial charge < -0.3 is 35.2 Å². The normalized spacial score (nSPS) is 34.8. The number of carbonyl (C=O) groups is 2. The number of hydrogen-bond acceptors (Lipinski definition) is 7. The molecule has 0 unspecified atom stereocenters. The van der Waals surface area contributed by atoms with Gasteiger partial charge in [0.25, 0.3) is 0 Å². The lowest BCUT2D eigenvalue weighted by molar-refractivity contribution is -0.261. The van der Waals surface area contributed by atoms with Crippen molar-refractivity contribution in [2.24, 2.45) is 0 Å². The van der Waals surface area contributed by atoms with Crippen LogP contribution in [0, 0.1) is 0 Å². The Morgan fingerprint density at radius 2 is 2.00 bits per heavy atom. The van der Waals surface area contributed by atoms with Crippen LogP contribution >= 0.6 is 0 Å². The van der Waals surface area contributed by atoms with Gasteiger partial charge in [-0.1, -0.05) is 0 Å². The summed E-state index contributed by atoms with van der Waals surface area (Å²) in [5.41, 5.74) is 0. The molecule has 9 nitrogen and oxygen atoms in total. The standard InChI is InChI=1S/C10H17NO8/c1-4(13)11-7-9(18-3-6(14)15)8(16)5(2-12)19-10(7)17/h5,7-10,12,16-17H,2-3H2,1H3,(H,11,13)(H,14,15)/t5-,7+,8-,9-,10+/m1/s1. The van der Waals surface area contributed by atoms with Gasteiger partial charge in [0.05, 0.1) is 6.61 Å². The fraction of sp³-hybridized carbons (Fsp3) is 0.800. The first-order chi connectivity index (χ1) is 8.86. The Morgan fingerprint density at radius 3 is 2.47 bits per heavy atom. The van der Waals surface area contributed by atoms with Gasteiger partial charge in [0, 0.05) is 6.92 Å². The molecule has 5 N–H and O–H groups in total. The summed E-state index contributed by atoms with van der Waals surface area (Å²) >= 11 is 0. The molecule has 0 aromatic carbocycles. The Hall–Kier alpha value is -1.26. The summed E-state index contributed by atoms with van der Waals surface area (Å²) in [6.07, 6.45) is -5.24. The van der Waals surface area contributed by atoms with E-state index in [2.05, 4.69) is 5.32 Å². The van der Waals surface area contributed by atoms with E-state index in [0.717, 1.165) is 0 Å². The second kappa shape index (κ2) is 6.78. The van der Waals surface area contributed by atoms with Gasteiger partial charge in [-0.3, -0.25) is 4.79 Å². The van der Waals surface area contributed by atoms with Crippen LogP contribution in [0.5, 0.6) is 0 Å². The summed E-state index contributed by atoms with van der Waals surface area (Å²) in [7, 11) is 0. The minimum absolute atomic E-state index is 0.508. The number of rotatable bonds is 5. The van der Waals surface area contributed by atoms with E-state index in [4.69, 9.17) is 19.7 Å². The van der Waals surface area contributed by atoms with E-state index < -0.39 is 55.7 Å². The highest BCUT2D eigenvalue weighted by Gasteiger charge is 2.45. The number of ether oxygens (including phenoxy) is 2. The molecule has 0 aromatic rings. The third-order valence-electron chi connectivity index (χ3n) is 2.64. The van der Waals surface area contributed by atoms with E-state index >= 15 is 0 Å². The van der Waals surface area contributed by atoms with Crippen molar-refractivity contribution in [2.75, 3.05) is 13.2 Å². The highest BCUT2D eigenvalue weighted by Crippen LogP contribution is 2.22. The van der Waals surface area contributed by atoms with Crippen LogP contribution in [-0.4, -0.2) is 76.2 Å². The molecular formula is C10H17NO8. The molecule has 0 aromatic heterocycles. The van der Waals surface area contributed by atoms with E-state index in [9.17, 15) is 19.8 Å². The molecule has 1 amide bonds. The Bertz CT molecular complexity index is 335. The van der Waals surface area contributed by atoms with Crippen LogP contribution in [0.15, 0.2) is 0 Å². The zero-order valence-corrected chi connectivity index (χ0v) is 10.2. The topological polar surface area (TPSA) is 146 Å². The van der Waals surface area contributed by atoms with Crippen molar-refractivity contribution in [3.63, 3.8) is 0 Å². The lowest BCUT2D eigenvalue weighted by atomic mass is 9.96. The van der Waals surface area contributed by atoms with Crippen molar-refractivity contribution in [3.05, 3.63) is 0 Å². The Kier molecular flexibility index (Phi) is 5.63. The predicted octanol–water partition coefficient (Wildman–Crippen LogP) is -2.97. The molecule has 9 heteroatoms. The molecule has 110 valence electrons. The third-order valence-corrected chi connectivity index (χ3v) is 2.64. The highest BCUT2D eigenvalue weighted by atomic mass is 16.6. The van der Waals surface area contributed by atoms with Crippen LogP contribution in [0.3, 0.4) is 0 Å². The Labute approximate surface area is 108 Å². The molecule has 1 fully saturated rings. The summed E-state index contributed by atoms with van der Waals surface area (Å²) < 4.78 is 9.87. The number of hydrogen-bond donors (Lipinski definition) is 5. The molecule has 1 aliphatic heterocycles. The summed E-state index contributed by atoms with van der Waals surface area (Å²) in [6.45, 7) is -0.119. The quantitative estimate of drug-likeness (QED) is 0.358. The van der Waals surface area contributed by atoms with Crippen molar-refractivity contribution >= 4 is 11.9 Å². The van der Waals surface area contributed by atoms with Gasteiger partial charge in [-0.15, -0.1) is 0 Å². The van der Waals surface area contributed by atoms with Gasteiger partial charge >= 0.3 is 5.97 Å². The number of carbonyl (C=O) groups excluding carboxylic acids is 1. The van der Waals surface area contributed by atoms with Crippen LogP contribution in [0.2, 0.25) is 0 Å². The monoisotopic (exact) mass is 279 g/mol. The maximum atomic E-state index is 11.0. The summed E-state index contributed by atoms with van der Waals surface area (Å²) in [6, 6.07) is -1.13. The van der Waals surface area contributed by atoms with Gasteiger partial charge in [0.2, 0.25) is 5.91 Å². The molecule has 0 radical (unpaired) electrons. The van der Waals surface area contributed by atoms with Crippen LogP contribution in [0.1, 0.15) is 6.92 Å². The van der Waals surface area contributed by atoms with Gasteiger partial charge in [-0.2, -0.15) is 0 Å². The van der Waals surface area contributed by atoms with Crippen LogP contribution in [0.4, 0.5) is 0 Å². The first-order valence-electron chi connectivity index (χ1n) is 5.59. The van der Waals surface area contributed by atoms with E-state index in [-0.39, 0.29) is 0 Å². The number of aliphatic hydroxyl groups excluding tert-OH is 3. The average Bonchev–Trinajstić information content (AvgIpc) is 2.32. The zero-order chi connectivity index (χ0) is 14.6.